The Morgan fingerprint density at radius 3 is 2.40 bits per heavy atom. The molecule has 0 aromatic heterocycles. The Labute approximate surface area is 120 Å². The van der Waals surface area contributed by atoms with Crippen molar-refractivity contribution < 1.29 is 14.6 Å². The molecular formula is C16H23NO3. The van der Waals surface area contributed by atoms with Gasteiger partial charge in [-0.25, -0.2) is 0 Å². The van der Waals surface area contributed by atoms with Crippen molar-refractivity contribution in [3.8, 4) is 5.75 Å². The number of nitrogens with one attached hydrogen (secondary N) is 1. The minimum Gasteiger partial charge on any atom is -0.497 e. The molecule has 0 atom stereocenters. The van der Waals surface area contributed by atoms with Gasteiger partial charge in [0.05, 0.1) is 12.5 Å². The Morgan fingerprint density at radius 1 is 1.35 bits per heavy atom. The zero-order chi connectivity index (χ0) is 14.8. The topological polar surface area (TPSA) is 58.6 Å². The summed E-state index contributed by atoms with van der Waals surface area (Å²) in [6.45, 7) is 4.41. The molecule has 4 heteroatoms. The molecule has 110 valence electrons. The fourth-order valence-electron chi connectivity index (χ4n) is 2.23. The molecule has 1 fully saturated rings. The average Bonchev–Trinajstić information content (AvgIpc) is 3.27. The van der Waals surface area contributed by atoms with Crippen LogP contribution in [-0.4, -0.2) is 31.3 Å². The van der Waals surface area contributed by atoms with Crippen LogP contribution in [0.5, 0.6) is 5.75 Å². The Morgan fingerprint density at radius 2 is 1.95 bits per heavy atom. The molecule has 0 bridgehead atoms. The normalized spacial score (nSPS) is 16.6. The van der Waals surface area contributed by atoms with Gasteiger partial charge >= 0.3 is 0 Å². The van der Waals surface area contributed by atoms with E-state index < -0.39 is 0 Å². The molecule has 0 aliphatic heterocycles. The number of methoxy groups -OCH3 is 1. The molecule has 1 saturated carbocycles. The van der Waals surface area contributed by atoms with E-state index >= 15 is 0 Å². The zero-order valence-electron chi connectivity index (χ0n) is 12.4. The fraction of sp³-hybridized carbons (Fsp3) is 0.562. The van der Waals surface area contributed by atoms with Gasteiger partial charge in [-0.2, -0.15) is 0 Å². The number of ether oxygens (including phenoxy) is 1. The first-order chi connectivity index (χ1) is 9.43. The van der Waals surface area contributed by atoms with E-state index in [1.807, 2.05) is 38.1 Å². The molecule has 0 spiro atoms. The van der Waals surface area contributed by atoms with E-state index in [9.17, 15) is 9.90 Å². The Hall–Kier alpha value is -1.55. The van der Waals surface area contributed by atoms with Crippen LogP contribution in [-0.2, 0) is 10.2 Å². The summed E-state index contributed by atoms with van der Waals surface area (Å²) in [6.07, 6.45) is 1.76. The second-order valence-electron chi connectivity index (χ2n) is 6.32. The average molecular weight is 277 g/mol. The number of rotatable bonds is 6. The van der Waals surface area contributed by atoms with E-state index in [2.05, 4.69) is 5.32 Å². The van der Waals surface area contributed by atoms with Crippen LogP contribution in [0.3, 0.4) is 0 Å². The van der Waals surface area contributed by atoms with Gasteiger partial charge in [-0.3, -0.25) is 4.79 Å². The maximum absolute atomic E-state index is 12.4. The van der Waals surface area contributed by atoms with Crippen LogP contribution in [0.4, 0.5) is 0 Å². The Kier molecular flexibility index (Phi) is 4.04. The zero-order valence-corrected chi connectivity index (χ0v) is 12.4. The van der Waals surface area contributed by atoms with E-state index in [0.29, 0.717) is 6.54 Å². The maximum Gasteiger partial charge on any atom is 0.230 e. The van der Waals surface area contributed by atoms with Gasteiger partial charge in [-0.05, 0) is 30.5 Å². The van der Waals surface area contributed by atoms with Gasteiger partial charge in [0.15, 0.2) is 0 Å². The van der Waals surface area contributed by atoms with E-state index in [-0.39, 0.29) is 23.3 Å². The van der Waals surface area contributed by atoms with Crippen molar-refractivity contribution in [1.82, 2.24) is 5.32 Å². The monoisotopic (exact) mass is 277 g/mol. The summed E-state index contributed by atoms with van der Waals surface area (Å²) in [7, 11) is 1.63. The number of hydrogen-bond donors (Lipinski definition) is 2. The second kappa shape index (κ2) is 5.44. The highest BCUT2D eigenvalue weighted by Crippen LogP contribution is 2.48. The predicted octanol–water partition coefficient (Wildman–Crippen LogP) is 1.86. The third kappa shape index (κ3) is 2.96. The standard InChI is InChI=1S/C16H23NO3/c1-15(2,11-18)10-17-14(19)16(8-9-16)12-4-6-13(20-3)7-5-12/h4-7,18H,8-11H2,1-3H3,(H,17,19). The van der Waals surface area contributed by atoms with Gasteiger partial charge in [-0.1, -0.05) is 26.0 Å². The van der Waals surface area contributed by atoms with E-state index in [0.717, 1.165) is 24.2 Å². The van der Waals surface area contributed by atoms with Crippen LogP contribution < -0.4 is 10.1 Å². The van der Waals surface area contributed by atoms with Crippen LogP contribution in [0, 0.1) is 5.41 Å². The Bertz CT molecular complexity index is 475. The SMILES string of the molecule is COc1ccc(C2(C(=O)NCC(C)(C)CO)CC2)cc1. The highest BCUT2D eigenvalue weighted by atomic mass is 16.5. The van der Waals surface area contributed by atoms with Gasteiger partial charge in [-0.15, -0.1) is 0 Å². The molecule has 0 heterocycles. The van der Waals surface area contributed by atoms with E-state index in [4.69, 9.17) is 4.74 Å². The van der Waals surface area contributed by atoms with Crippen LogP contribution in [0.2, 0.25) is 0 Å². The van der Waals surface area contributed by atoms with Gasteiger partial charge < -0.3 is 15.2 Å². The molecule has 0 unspecified atom stereocenters. The molecule has 1 aromatic carbocycles. The van der Waals surface area contributed by atoms with Gasteiger partial charge in [0.25, 0.3) is 0 Å². The number of aliphatic hydroxyl groups excluding tert-OH is 1. The quantitative estimate of drug-likeness (QED) is 0.834. The Balaban J connectivity index is 2.04. The lowest BCUT2D eigenvalue weighted by atomic mass is 9.92. The molecule has 20 heavy (non-hydrogen) atoms. The lowest BCUT2D eigenvalue weighted by Gasteiger charge is -2.24. The first-order valence-electron chi connectivity index (χ1n) is 6.97. The molecule has 4 nitrogen and oxygen atoms in total. The molecule has 1 aliphatic rings. The molecule has 0 saturated heterocycles. The third-order valence-electron chi connectivity index (χ3n) is 3.98. The third-order valence-corrected chi connectivity index (χ3v) is 3.98. The number of hydrogen-bond acceptors (Lipinski definition) is 3. The summed E-state index contributed by atoms with van der Waals surface area (Å²) in [5.41, 5.74) is 0.376. The minimum absolute atomic E-state index is 0.0583. The highest BCUT2D eigenvalue weighted by molar-refractivity contribution is 5.91. The van der Waals surface area contributed by atoms with Gasteiger partial charge in [0.1, 0.15) is 5.75 Å². The lowest BCUT2D eigenvalue weighted by molar-refractivity contribution is -0.124. The maximum atomic E-state index is 12.4. The highest BCUT2D eigenvalue weighted by Gasteiger charge is 2.51. The first-order valence-corrected chi connectivity index (χ1v) is 6.97. The fourth-order valence-corrected chi connectivity index (χ4v) is 2.23. The first kappa shape index (κ1) is 14.9. The van der Waals surface area contributed by atoms with Crippen molar-refractivity contribution in [3.63, 3.8) is 0 Å². The molecule has 0 radical (unpaired) electrons. The largest absolute Gasteiger partial charge is 0.497 e. The molecule has 1 amide bonds. The second-order valence-corrected chi connectivity index (χ2v) is 6.32. The summed E-state index contributed by atoms with van der Waals surface area (Å²) < 4.78 is 5.14. The summed E-state index contributed by atoms with van der Waals surface area (Å²) >= 11 is 0. The van der Waals surface area contributed by atoms with Gasteiger partial charge in [0, 0.05) is 18.6 Å². The van der Waals surface area contributed by atoms with Crippen molar-refractivity contribution in [3.05, 3.63) is 29.8 Å². The summed E-state index contributed by atoms with van der Waals surface area (Å²) in [6, 6.07) is 7.70. The van der Waals surface area contributed by atoms with Crippen molar-refractivity contribution >= 4 is 5.91 Å². The minimum atomic E-state index is -0.377. The van der Waals surface area contributed by atoms with Crippen molar-refractivity contribution in [2.75, 3.05) is 20.3 Å². The molecule has 2 N–H and O–H groups in total. The predicted molar refractivity (Wildman–Crippen MR) is 77.8 cm³/mol. The van der Waals surface area contributed by atoms with E-state index in [1.54, 1.807) is 7.11 Å². The number of amides is 1. The summed E-state index contributed by atoms with van der Waals surface area (Å²) in [4.78, 5) is 12.4. The van der Waals surface area contributed by atoms with Crippen molar-refractivity contribution in [2.24, 2.45) is 5.41 Å². The molecule has 1 aromatic rings. The number of aliphatic hydroxyl groups is 1. The van der Waals surface area contributed by atoms with E-state index in [1.165, 1.54) is 0 Å². The van der Waals surface area contributed by atoms with Crippen LogP contribution in [0.15, 0.2) is 24.3 Å². The van der Waals surface area contributed by atoms with Crippen molar-refractivity contribution in [2.45, 2.75) is 32.1 Å². The van der Waals surface area contributed by atoms with Gasteiger partial charge in [0.2, 0.25) is 5.91 Å². The number of carbonyl (C=O) groups is 1. The number of carbonyl (C=O) groups excluding carboxylic acids is 1. The molecular weight excluding hydrogens is 254 g/mol. The molecule has 1 aliphatic carbocycles. The summed E-state index contributed by atoms with van der Waals surface area (Å²) in [5, 5.41) is 12.2. The van der Waals surface area contributed by atoms with Crippen LogP contribution in [0.25, 0.3) is 0 Å². The van der Waals surface area contributed by atoms with Crippen LogP contribution >= 0.6 is 0 Å². The molecule has 2 rings (SSSR count). The van der Waals surface area contributed by atoms with Crippen LogP contribution in [0.1, 0.15) is 32.3 Å². The number of benzene rings is 1. The smallest absolute Gasteiger partial charge is 0.230 e. The lowest BCUT2D eigenvalue weighted by Crippen LogP contribution is -2.41. The summed E-state index contributed by atoms with van der Waals surface area (Å²) in [5.74, 6) is 0.857. The van der Waals surface area contributed by atoms with Crippen molar-refractivity contribution in [1.29, 1.82) is 0 Å².